The normalized spacial score (nSPS) is 18.0. The fraction of sp³-hybridized carbons (Fsp3) is 0.417. The van der Waals surface area contributed by atoms with E-state index in [2.05, 4.69) is 68.2 Å². The van der Waals surface area contributed by atoms with Gasteiger partial charge >= 0.3 is 0 Å². The summed E-state index contributed by atoms with van der Waals surface area (Å²) in [7, 11) is 1.60. The van der Waals surface area contributed by atoms with Crippen molar-refractivity contribution in [3.63, 3.8) is 0 Å². The van der Waals surface area contributed by atoms with Crippen LogP contribution < -0.4 is 15.1 Å². The molecule has 0 unspecified atom stereocenters. The summed E-state index contributed by atoms with van der Waals surface area (Å²) >= 11 is 0. The Hall–Kier alpha value is -2.82. The number of carbonyl (C=O) groups is 1. The van der Waals surface area contributed by atoms with E-state index < -0.39 is 0 Å². The van der Waals surface area contributed by atoms with Gasteiger partial charge in [0.1, 0.15) is 5.75 Å². The molecule has 0 fully saturated rings. The number of nitrogens with zero attached hydrogens (tertiary/aromatic N) is 2. The summed E-state index contributed by atoms with van der Waals surface area (Å²) in [6.45, 7) is 11.4. The van der Waals surface area contributed by atoms with Gasteiger partial charge < -0.3 is 9.64 Å². The Morgan fingerprint density at radius 1 is 1.24 bits per heavy atom. The van der Waals surface area contributed by atoms with Crippen molar-refractivity contribution in [3.8, 4) is 5.75 Å². The number of hydrogen-bond donors (Lipinski definition) is 1. The zero-order valence-corrected chi connectivity index (χ0v) is 18.2. The van der Waals surface area contributed by atoms with E-state index in [0.29, 0.717) is 23.3 Å². The molecule has 1 heterocycles. The smallest absolute Gasteiger partial charge is 0.271 e. The molecule has 2 aromatic carbocycles. The first-order chi connectivity index (χ1) is 13.7. The van der Waals surface area contributed by atoms with Crippen molar-refractivity contribution in [2.45, 2.75) is 58.5 Å². The van der Waals surface area contributed by atoms with Crippen LogP contribution in [-0.4, -0.2) is 30.8 Å². The maximum atomic E-state index is 12.2. The van der Waals surface area contributed by atoms with Crippen LogP contribution in [0, 0.1) is 0 Å². The van der Waals surface area contributed by atoms with Gasteiger partial charge in [-0.15, -0.1) is 0 Å². The number of ether oxygens (including phenoxy) is 1. The number of methoxy groups -OCH3 is 1. The van der Waals surface area contributed by atoms with Crippen molar-refractivity contribution in [2.75, 3.05) is 12.0 Å². The topological polar surface area (TPSA) is 53.9 Å². The van der Waals surface area contributed by atoms with Gasteiger partial charge in [0.25, 0.3) is 5.91 Å². The summed E-state index contributed by atoms with van der Waals surface area (Å²) in [6.07, 6.45) is 2.81. The third-order valence-electron chi connectivity index (χ3n) is 5.55. The van der Waals surface area contributed by atoms with Crippen LogP contribution in [0.25, 0.3) is 0 Å². The van der Waals surface area contributed by atoms with E-state index in [4.69, 9.17) is 4.74 Å². The monoisotopic (exact) mass is 393 g/mol. The molecule has 0 bridgehead atoms. The summed E-state index contributed by atoms with van der Waals surface area (Å²) in [6, 6.07) is 13.8. The largest absolute Gasteiger partial charge is 0.497 e. The van der Waals surface area contributed by atoms with Gasteiger partial charge in [0.05, 0.1) is 13.3 Å². The molecule has 1 atom stereocenters. The molecule has 1 aliphatic rings. The predicted molar refractivity (Wildman–Crippen MR) is 119 cm³/mol. The van der Waals surface area contributed by atoms with Crippen LogP contribution in [0.2, 0.25) is 0 Å². The highest BCUT2D eigenvalue weighted by atomic mass is 16.5. The molecule has 154 valence electrons. The highest BCUT2D eigenvalue weighted by molar-refractivity contribution is 5.95. The number of carbonyl (C=O) groups excluding carboxylic acids is 1. The number of amides is 1. The Bertz CT molecular complexity index is 901. The Morgan fingerprint density at radius 2 is 1.93 bits per heavy atom. The summed E-state index contributed by atoms with van der Waals surface area (Å²) in [5, 5.41) is 4.15. The third-order valence-corrected chi connectivity index (χ3v) is 5.55. The Morgan fingerprint density at radius 3 is 2.55 bits per heavy atom. The van der Waals surface area contributed by atoms with Gasteiger partial charge in [0.2, 0.25) is 0 Å². The van der Waals surface area contributed by atoms with E-state index in [-0.39, 0.29) is 11.4 Å². The molecule has 0 saturated carbocycles. The molecule has 0 aromatic heterocycles. The molecule has 29 heavy (non-hydrogen) atoms. The molecule has 1 aliphatic heterocycles. The first kappa shape index (κ1) is 20.9. The SMILES string of the molecule is COc1ccc(C(=O)N/N=C\c2ccc3c(c2)[C@H](C)CC(C)(C)N3C(C)C)cc1. The molecule has 0 saturated heterocycles. The number of hydrogen-bond acceptors (Lipinski definition) is 4. The quantitative estimate of drug-likeness (QED) is 0.577. The van der Waals surface area contributed by atoms with Crippen molar-refractivity contribution in [2.24, 2.45) is 5.10 Å². The number of hydrazone groups is 1. The van der Waals surface area contributed by atoms with Crippen LogP contribution in [0.1, 0.15) is 68.4 Å². The molecule has 2 aromatic rings. The van der Waals surface area contributed by atoms with E-state index in [1.807, 2.05) is 0 Å². The fourth-order valence-corrected chi connectivity index (χ4v) is 4.50. The predicted octanol–water partition coefficient (Wildman–Crippen LogP) is 4.96. The maximum absolute atomic E-state index is 12.2. The lowest BCUT2D eigenvalue weighted by Crippen LogP contribution is -2.51. The Balaban J connectivity index is 1.75. The number of benzene rings is 2. The number of nitrogens with one attached hydrogen (secondary N) is 1. The summed E-state index contributed by atoms with van der Waals surface area (Å²) in [4.78, 5) is 14.7. The first-order valence-electron chi connectivity index (χ1n) is 10.1. The zero-order chi connectivity index (χ0) is 21.2. The summed E-state index contributed by atoms with van der Waals surface area (Å²) in [5.41, 5.74) is 6.87. The lowest BCUT2D eigenvalue weighted by molar-refractivity contribution is 0.0955. The average molecular weight is 394 g/mol. The van der Waals surface area contributed by atoms with Gasteiger partial charge in [-0.3, -0.25) is 4.79 Å². The minimum absolute atomic E-state index is 0.128. The van der Waals surface area contributed by atoms with E-state index in [1.54, 1.807) is 37.6 Å². The molecule has 1 amide bonds. The second-order valence-corrected chi connectivity index (χ2v) is 8.63. The minimum Gasteiger partial charge on any atom is -0.497 e. The maximum Gasteiger partial charge on any atom is 0.271 e. The highest BCUT2D eigenvalue weighted by Crippen LogP contribution is 2.44. The average Bonchev–Trinajstić information content (AvgIpc) is 2.67. The van der Waals surface area contributed by atoms with Crippen molar-refractivity contribution >= 4 is 17.8 Å². The van der Waals surface area contributed by atoms with Crippen LogP contribution in [0.5, 0.6) is 5.75 Å². The molecular weight excluding hydrogens is 362 g/mol. The first-order valence-corrected chi connectivity index (χ1v) is 10.1. The van der Waals surface area contributed by atoms with Gasteiger partial charge in [0, 0.05) is 22.8 Å². The Labute approximate surface area is 173 Å². The van der Waals surface area contributed by atoms with Crippen LogP contribution in [0.3, 0.4) is 0 Å². The second-order valence-electron chi connectivity index (χ2n) is 8.63. The molecule has 1 N–H and O–H groups in total. The number of anilines is 1. The molecule has 0 radical (unpaired) electrons. The molecule has 5 nitrogen and oxygen atoms in total. The third kappa shape index (κ3) is 4.44. The van der Waals surface area contributed by atoms with Crippen molar-refractivity contribution in [1.82, 2.24) is 5.43 Å². The number of rotatable bonds is 5. The molecule has 5 heteroatoms. The molecule has 3 rings (SSSR count). The van der Waals surface area contributed by atoms with E-state index in [0.717, 1.165) is 12.0 Å². The van der Waals surface area contributed by atoms with Gasteiger partial charge in [-0.1, -0.05) is 13.0 Å². The van der Waals surface area contributed by atoms with Gasteiger partial charge in [-0.05, 0) is 87.6 Å². The summed E-state index contributed by atoms with van der Waals surface area (Å²) in [5.74, 6) is 0.937. The Kier molecular flexibility index (Phi) is 5.96. The van der Waals surface area contributed by atoms with E-state index >= 15 is 0 Å². The van der Waals surface area contributed by atoms with Crippen LogP contribution in [0.15, 0.2) is 47.6 Å². The number of fused-ring (bicyclic) bond motifs is 1. The van der Waals surface area contributed by atoms with Crippen LogP contribution >= 0.6 is 0 Å². The van der Waals surface area contributed by atoms with E-state index in [1.165, 1.54) is 11.3 Å². The molecular formula is C24H31N3O2. The van der Waals surface area contributed by atoms with Gasteiger partial charge in [0.15, 0.2) is 0 Å². The standard InChI is InChI=1S/C24H31N3O2/c1-16(2)27-22-12-7-18(13-21(22)17(3)14-24(27,4)5)15-25-26-23(28)19-8-10-20(29-6)11-9-19/h7-13,15-17H,14H2,1-6H3,(H,26,28)/b25-15-/t17-/m1/s1. The van der Waals surface area contributed by atoms with Crippen molar-refractivity contribution < 1.29 is 9.53 Å². The van der Waals surface area contributed by atoms with E-state index in [9.17, 15) is 4.79 Å². The van der Waals surface area contributed by atoms with Gasteiger partial charge in [-0.25, -0.2) is 5.43 Å². The molecule has 0 aliphatic carbocycles. The van der Waals surface area contributed by atoms with Crippen molar-refractivity contribution in [3.05, 3.63) is 59.2 Å². The fourth-order valence-electron chi connectivity index (χ4n) is 4.50. The highest BCUT2D eigenvalue weighted by Gasteiger charge is 2.37. The lowest BCUT2D eigenvalue weighted by atomic mass is 9.79. The zero-order valence-electron chi connectivity index (χ0n) is 18.2. The lowest BCUT2D eigenvalue weighted by Gasteiger charge is -2.50. The molecule has 0 spiro atoms. The minimum atomic E-state index is -0.247. The van der Waals surface area contributed by atoms with Crippen molar-refractivity contribution in [1.29, 1.82) is 0 Å². The summed E-state index contributed by atoms with van der Waals surface area (Å²) < 4.78 is 5.11. The van der Waals surface area contributed by atoms with Crippen LogP contribution in [0.4, 0.5) is 5.69 Å². The van der Waals surface area contributed by atoms with Crippen LogP contribution in [-0.2, 0) is 0 Å². The second kappa shape index (κ2) is 8.27. The van der Waals surface area contributed by atoms with Gasteiger partial charge in [-0.2, -0.15) is 5.10 Å².